The van der Waals surface area contributed by atoms with Crippen LogP contribution in [0.4, 0.5) is 5.69 Å². The molecule has 138 valence electrons. The molecule has 0 spiro atoms. The van der Waals surface area contributed by atoms with Crippen LogP contribution in [0.1, 0.15) is 28.1 Å². The number of nitrogens with one attached hydrogen (secondary N) is 1. The molecule has 0 bridgehead atoms. The summed E-state index contributed by atoms with van der Waals surface area (Å²) in [5.74, 6) is -1.34. The molecule has 2 heterocycles. The van der Waals surface area contributed by atoms with Gasteiger partial charge in [-0.25, -0.2) is 4.79 Å². The Balaban J connectivity index is 1.56. The van der Waals surface area contributed by atoms with Crippen LogP contribution in [0, 0.1) is 11.3 Å². The van der Waals surface area contributed by atoms with Gasteiger partial charge in [0, 0.05) is 6.54 Å². The zero-order valence-corrected chi connectivity index (χ0v) is 15.2. The average molecular weight is 383 g/mol. The van der Waals surface area contributed by atoms with E-state index in [1.165, 1.54) is 16.2 Å². The first kappa shape index (κ1) is 18.6. The smallest absolute Gasteiger partial charge is 0.329 e. The Bertz CT molecular complexity index is 889. The second-order valence-electron chi connectivity index (χ2n) is 5.95. The molecule has 0 radical (unpaired) electrons. The lowest BCUT2D eigenvalue weighted by Crippen LogP contribution is -2.41. The van der Waals surface area contributed by atoms with Crippen molar-refractivity contribution in [3.8, 4) is 6.07 Å². The van der Waals surface area contributed by atoms with Gasteiger partial charge in [0.1, 0.15) is 12.1 Å². The summed E-state index contributed by atoms with van der Waals surface area (Å²) >= 11 is 1.32. The van der Waals surface area contributed by atoms with Crippen molar-refractivity contribution in [2.75, 3.05) is 18.5 Å². The first-order valence-corrected chi connectivity index (χ1v) is 9.28. The number of carbonyl (C=O) groups is 3. The summed E-state index contributed by atoms with van der Waals surface area (Å²) in [6.45, 7) is 0.00830. The van der Waals surface area contributed by atoms with E-state index in [1.807, 2.05) is 6.07 Å². The maximum absolute atomic E-state index is 12.5. The van der Waals surface area contributed by atoms with Gasteiger partial charge >= 0.3 is 5.97 Å². The second kappa shape index (κ2) is 8.47. The van der Waals surface area contributed by atoms with Gasteiger partial charge in [0.15, 0.2) is 6.61 Å². The second-order valence-corrected chi connectivity index (χ2v) is 6.89. The molecule has 1 aromatic heterocycles. The molecule has 0 aliphatic carbocycles. The van der Waals surface area contributed by atoms with Crippen LogP contribution in [0.2, 0.25) is 0 Å². The number of rotatable bonds is 5. The van der Waals surface area contributed by atoms with Crippen LogP contribution in [-0.2, 0) is 14.3 Å². The number of esters is 1. The van der Waals surface area contributed by atoms with Gasteiger partial charge in [-0.3, -0.25) is 9.59 Å². The molecule has 0 saturated carbocycles. The average Bonchev–Trinajstić information content (AvgIpc) is 3.38. The van der Waals surface area contributed by atoms with E-state index in [-0.39, 0.29) is 5.91 Å². The monoisotopic (exact) mass is 383 g/mol. The number of nitriles is 1. The fourth-order valence-corrected chi connectivity index (χ4v) is 3.58. The highest BCUT2D eigenvalue weighted by molar-refractivity contribution is 7.12. The predicted octanol–water partition coefficient (Wildman–Crippen LogP) is 2.41. The van der Waals surface area contributed by atoms with Gasteiger partial charge in [0.2, 0.25) is 0 Å². The molecule has 1 fully saturated rings. The number of benzene rings is 1. The van der Waals surface area contributed by atoms with E-state index in [0.717, 1.165) is 0 Å². The maximum atomic E-state index is 12.5. The molecule has 1 atom stereocenters. The number of thiophene rings is 1. The number of amides is 2. The minimum atomic E-state index is -0.682. The SMILES string of the molecule is N#Cc1ccccc1NC(=O)COC(=O)[C@H]1CCCN1C(=O)c1cccs1. The van der Waals surface area contributed by atoms with Gasteiger partial charge < -0.3 is 15.0 Å². The molecule has 2 amide bonds. The van der Waals surface area contributed by atoms with Crippen LogP contribution in [0.3, 0.4) is 0 Å². The quantitative estimate of drug-likeness (QED) is 0.799. The zero-order valence-electron chi connectivity index (χ0n) is 14.4. The third-order valence-electron chi connectivity index (χ3n) is 4.18. The van der Waals surface area contributed by atoms with E-state index in [9.17, 15) is 14.4 Å². The van der Waals surface area contributed by atoms with Crippen LogP contribution < -0.4 is 5.32 Å². The number of anilines is 1. The normalized spacial score (nSPS) is 15.8. The number of hydrogen-bond donors (Lipinski definition) is 1. The molecule has 1 saturated heterocycles. The van der Waals surface area contributed by atoms with E-state index in [0.29, 0.717) is 35.5 Å². The van der Waals surface area contributed by atoms with Crippen LogP contribution >= 0.6 is 11.3 Å². The molecule has 1 aliphatic heterocycles. The number of carbonyl (C=O) groups excluding carboxylic acids is 3. The molecule has 2 aromatic rings. The number of para-hydroxylation sites is 1. The Morgan fingerprint density at radius 2 is 2.07 bits per heavy atom. The highest BCUT2D eigenvalue weighted by Gasteiger charge is 2.36. The van der Waals surface area contributed by atoms with Gasteiger partial charge in [0.25, 0.3) is 11.8 Å². The van der Waals surface area contributed by atoms with Gasteiger partial charge in [0.05, 0.1) is 16.1 Å². The molecule has 1 N–H and O–H groups in total. The Labute approximate surface area is 160 Å². The largest absolute Gasteiger partial charge is 0.454 e. The summed E-state index contributed by atoms with van der Waals surface area (Å²) in [4.78, 5) is 38.9. The van der Waals surface area contributed by atoms with E-state index >= 15 is 0 Å². The summed E-state index contributed by atoms with van der Waals surface area (Å²) in [5.41, 5.74) is 0.678. The first-order valence-electron chi connectivity index (χ1n) is 8.40. The van der Waals surface area contributed by atoms with Crippen LogP contribution in [-0.4, -0.2) is 41.9 Å². The minimum absolute atomic E-state index is 0.197. The third kappa shape index (κ3) is 4.33. The maximum Gasteiger partial charge on any atom is 0.329 e. The number of ether oxygens (including phenoxy) is 1. The fraction of sp³-hybridized carbons (Fsp3) is 0.263. The van der Waals surface area contributed by atoms with Gasteiger partial charge in [-0.1, -0.05) is 18.2 Å². The van der Waals surface area contributed by atoms with Crippen molar-refractivity contribution in [3.63, 3.8) is 0 Å². The van der Waals surface area contributed by atoms with Crippen molar-refractivity contribution in [1.29, 1.82) is 5.26 Å². The lowest BCUT2D eigenvalue weighted by atomic mass is 10.2. The lowest BCUT2D eigenvalue weighted by molar-refractivity contribution is -0.151. The molecular formula is C19H17N3O4S. The standard InChI is InChI=1S/C19H17N3O4S/c20-11-13-5-1-2-6-14(13)21-17(23)12-26-19(25)15-7-3-9-22(15)18(24)16-8-4-10-27-16/h1-2,4-6,8,10,15H,3,7,9,12H2,(H,21,23)/t15-/m1/s1. The summed E-state index contributed by atoms with van der Waals surface area (Å²) < 4.78 is 5.11. The van der Waals surface area contributed by atoms with Crippen molar-refractivity contribution in [2.45, 2.75) is 18.9 Å². The molecule has 1 aliphatic rings. The van der Waals surface area contributed by atoms with Crippen molar-refractivity contribution >= 4 is 34.8 Å². The summed E-state index contributed by atoms with van der Waals surface area (Å²) in [7, 11) is 0. The summed E-state index contributed by atoms with van der Waals surface area (Å²) in [6.07, 6.45) is 1.22. The molecule has 1 aromatic carbocycles. The number of hydrogen-bond acceptors (Lipinski definition) is 6. The first-order chi connectivity index (χ1) is 13.1. The molecular weight excluding hydrogens is 366 g/mol. The lowest BCUT2D eigenvalue weighted by Gasteiger charge is -2.22. The van der Waals surface area contributed by atoms with E-state index in [1.54, 1.807) is 41.8 Å². The van der Waals surface area contributed by atoms with Crippen molar-refractivity contribution in [1.82, 2.24) is 4.90 Å². The van der Waals surface area contributed by atoms with E-state index in [2.05, 4.69) is 5.32 Å². The molecule has 27 heavy (non-hydrogen) atoms. The Kier molecular flexibility index (Phi) is 5.84. The van der Waals surface area contributed by atoms with Crippen LogP contribution in [0.25, 0.3) is 0 Å². The highest BCUT2D eigenvalue weighted by atomic mass is 32.1. The highest BCUT2D eigenvalue weighted by Crippen LogP contribution is 2.23. The Hall–Kier alpha value is -3.18. The summed E-state index contributed by atoms with van der Waals surface area (Å²) in [6, 6.07) is 11.3. The van der Waals surface area contributed by atoms with Gasteiger partial charge in [-0.15, -0.1) is 11.3 Å². The van der Waals surface area contributed by atoms with E-state index < -0.39 is 24.5 Å². The number of likely N-dealkylation sites (tertiary alicyclic amines) is 1. The molecule has 8 heteroatoms. The van der Waals surface area contributed by atoms with Crippen molar-refractivity contribution in [2.24, 2.45) is 0 Å². The van der Waals surface area contributed by atoms with Crippen LogP contribution in [0.5, 0.6) is 0 Å². The topological polar surface area (TPSA) is 99.5 Å². The Morgan fingerprint density at radius 1 is 1.26 bits per heavy atom. The number of nitrogens with zero attached hydrogens (tertiary/aromatic N) is 2. The zero-order chi connectivity index (χ0) is 19.2. The summed E-state index contributed by atoms with van der Waals surface area (Å²) in [5, 5.41) is 13.4. The van der Waals surface area contributed by atoms with Crippen LogP contribution in [0.15, 0.2) is 41.8 Å². The Morgan fingerprint density at radius 3 is 2.81 bits per heavy atom. The van der Waals surface area contributed by atoms with E-state index in [4.69, 9.17) is 10.00 Å². The molecule has 0 unspecified atom stereocenters. The van der Waals surface area contributed by atoms with Crippen molar-refractivity contribution < 1.29 is 19.1 Å². The molecule has 7 nitrogen and oxygen atoms in total. The minimum Gasteiger partial charge on any atom is -0.454 e. The van der Waals surface area contributed by atoms with Crippen molar-refractivity contribution in [3.05, 3.63) is 52.2 Å². The fourth-order valence-electron chi connectivity index (χ4n) is 2.91. The third-order valence-corrected chi connectivity index (χ3v) is 5.04. The van der Waals surface area contributed by atoms with Gasteiger partial charge in [-0.05, 0) is 36.4 Å². The van der Waals surface area contributed by atoms with Gasteiger partial charge in [-0.2, -0.15) is 5.26 Å². The molecule has 3 rings (SSSR count). The predicted molar refractivity (Wildman–Crippen MR) is 99.1 cm³/mol.